The molecule has 2 unspecified atom stereocenters. The Balaban J connectivity index is 2.24. The molecule has 1 fully saturated rings. The minimum Gasteiger partial charge on any atom is -0.296 e. The Morgan fingerprint density at radius 2 is 2.31 bits per heavy atom. The van der Waals surface area contributed by atoms with Crippen molar-refractivity contribution in [2.75, 3.05) is 0 Å². The van der Waals surface area contributed by atoms with Crippen molar-refractivity contribution in [2.24, 2.45) is 5.92 Å². The van der Waals surface area contributed by atoms with Crippen LogP contribution in [0.1, 0.15) is 6.42 Å². The van der Waals surface area contributed by atoms with Crippen molar-refractivity contribution in [1.29, 1.82) is 0 Å². The first-order chi connectivity index (χ1) is 6.18. The van der Waals surface area contributed by atoms with Gasteiger partial charge in [-0.15, -0.1) is 10.5 Å². The Kier molecular flexibility index (Phi) is 1.92. The molecule has 1 saturated heterocycles. The van der Waals surface area contributed by atoms with Crippen molar-refractivity contribution in [1.82, 2.24) is 5.32 Å². The summed E-state index contributed by atoms with van der Waals surface area (Å²) >= 11 is 0. The zero-order valence-corrected chi connectivity index (χ0v) is 7.76. The van der Waals surface area contributed by atoms with Gasteiger partial charge in [0.1, 0.15) is 0 Å². The van der Waals surface area contributed by atoms with Crippen LogP contribution in [0.25, 0.3) is 0 Å². The molecule has 0 spiro atoms. The second kappa shape index (κ2) is 2.96. The molecule has 2 amide bonds. The Labute approximate surface area is 78.4 Å². The number of nitrogens with one attached hydrogen (secondary N) is 1. The van der Waals surface area contributed by atoms with Crippen molar-refractivity contribution in [3.8, 4) is 0 Å². The van der Waals surface area contributed by atoms with Crippen LogP contribution in [0, 0.1) is 5.92 Å². The lowest BCUT2D eigenvalue weighted by atomic mass is 10.1. The summed E-state index contributed by atoms with van der Waals surface area (Å²) in [4.78, 5) is 23.2. The summed E-state index contributed by atoms with van der Waals surface area (Å²) < 4.78 is 0. The monoisotopic (exact) mass is 195 g/mol. The van der Waals surface area contributed by atoms with Gasteiger partial charge in [-0.1, -0.05) is 18.0 Å². The average molecular weight is 195 g/mol. The van der Waals surface area contributed by atoms with E-state index >= 15 is 0 Å². The van der Waals surface area contributed by atoms with Gasteiger partial charge in [-0.2, -0.15) is 0 Å². The topological polar surface area (TPSA) is 46.2 Å². The molecule has 0 aliphatic carbocycles. The third kappa shape index (κ3) is 1.37. The van der Waals surface area contributed by atoms with Gasteiger partial charge in [-0.05, 0) is 10.3 Å². The Morgan fingerprint density at radius 3 is 2.77 bits per heavy atom. The molecule has 0 aromatic carbocycles. The SMILES string of the molecule is C=S1C=CC=C1C1CC(=O)NC1=O. The highest BCUT2D eigenvalue weighted by Crippen LogP contribution is 2.38. The van der Waals surface area contributed by atoms with Crippen molar-refractivity contribution < 1.29 is 9.59 Å². The molecule has 68 valence electrons. The quantitative estimate of drug-likeness (QED) is 0.496. The molecule has 4 heteroatoms. The van der Waals surface area contributed by atoms with Gasteiger partial charge in [0.25, 0.3) is 0 Å². The van der Waals surface area contributed by atoms with E-state index in [-0.39, 0.29) is 34.6 Å². The minimum atomic E-state index is -0.275. The first-order valence-corrected chi connectivity index (χ1v) is 5.39. The molecule has 0 bridgehead atoms. The molecule has 1 N–H and O–H groups in total. The molecule has 2 rings (SSSR count). The molecule has 2 aliphatic heterocycles. The summed E-state index contributed by atoms with van der Waals surface area (Å²) in [7, 11) is -0.219. The maximum atomic E-state index is 11.3. The van der Waals surface area contributed by atoms with E-state index in [1.54, 1.807) is 0 Å². The fourth-order valence-corrected chi connectivity index (χ4v) is 2.71. The van der Waals surface area contributed by atoms with E-state index in [4.69, 9.17) is 0 Å². The predicted octanol–water partition coefficient (Wildman–Crippen LogP) is 0.761. The Bertz CT molecular complexity index is 368. The standard InChI is InChI=1S/C9H9NO2S/c1-13-4-2-3-7(13)6-5-8(11)10-9(6)12/h2-4,6H,1,5H2,(H,10,11,12). The Hall–Kier alpha value is -1.16. The van der Waals surface area contributed by atoms with E-state index in [1.807, 2.05) is 17.6 Å². The first-order valence-electron chi connectivity index (χ1n) is 3.93. The molecular weight excluding hydrogens is 186 g/mol. The van der Waals surface area contributed by atoms with Crippen LogP contribution in [-0.4, -0.2) is 17.7 Å². The second-order valence-corrected chi connectivity index (χ2v) is 4.60. The predicted molar refractivity (Wildman–Crippen MR) is 53.2 cm³/mol. The van der Waals surface area contributed by atoms with Crippen LogP contribution >= 0.6 is 10.5 Å². The summed E-state index contributed by atoms with van der Waals surface area (Å²) in [5.74, 6) is 3.27. The number of carbonyl (C=O) groups excluding carboxylic acids is 2. The average Bonchev–Trinajstić information content (AvgIpc) is 2.58. The highest BCUT2D eigenvalue weighted by Gasteiger charge is 2.34. The van der Waals surface area contributed by atoms with E-state index in [2.05, 4.69) is 11.2 Å². The fraction of sp³-hybridized carbons (Fsp3) is 0.222. The van der Waals surface area contributed by atoms with Crippen LogP contribution in [0.3, 0.4) is 0 Å². The smallest absolute Gasteiger partial charge is 0.235 e. The number of allylic oxidation sites excluding steroid dienone is 2. The third-order valence-corrected chi connectivity index (χ3v) is 3.63. The van der Waals surface area contributed by atoms with Gasteiger partial charge in [0.2, 0.25) is 11.8 Å². The maximum Gasteiger partial charge on any atom is 0.235 e. The van der Waals surface area contributed by atoms with Crippen LogP contribution < -0.4 is 5.32 Å². The largest absolute Gasteiger partial charge is 0.296 e. The van der Waals surface area contributed by atoms with Crippen LogP contribution in [-0.2, 0) is 9.59 Å². The molecule has 2 atom stereocenters. The van der Waals surface area contributed by atoms with Crippen molar-refractivity contribution in [2.45, 2.75) is 6.42 Å². The third-order valence-electron chi connectivity index (χ3n) is 2.12. The summed E-state index contributed by atoms with van der Waals surface area (Å²) in [6.45, 7) is 0. The van der Waals surface area contributed by atoms with Crippen LogP contribution in [0.5, 0.6) is 0 Å². The summed E-state index contributed by atoms with van der Waals surface area (Å²) in [5.41, 5.74) is 0. The van der Waals surface area contributed by atoms with Gasteiger partial charge in [0.15, 0.2) is 0 Å². The molecule has 0 aromatic rings. The van der Waals surface area contributed by atoms with Gasteiger partial charge in [0, 0.05) is 6.42 Å². The molecule has 2 heterocycles. The molecule has 2 aliphatic rings. The highest BCUT2D eigenvalue weighted by molar-refractivity contribution is 8.20. The zero-order valence-electron chi connectivity index (χ0n) is 6.95. The van der Waals surface area contributed by atoms with E-state index in [1.165, 1.54) is 0 Å². The van der Waals surface area contributed by atoms with Crippen molar-refractivity contribution >= 4 is 28.2 Å². The normalized spacial score (nSPS) is 32.2. The molecule has 0 radical (unpaired) electrons. The number of imide groups is 1. The van der Waals surface area contributed by atoms with Crippen LogP contribution in [0.4, 0.5) is 0 Å². The lowest BCUT2D eigenvalue weighted by Gasteiger charge is -2.08. The van der Waals surface area contributed by atoms with Crippen LogP contribution in [0.15, 0.2) is 22.5 Å². The summed E-state index contributed by atoms with van der Waals surface area (Å²) in [6.07, 6.45) is 4.06. The van der Waals surface area contributed by atoms with Gasteiger partial charge < -0.3 is 0 Å². The second-order valence-electron chi connectivity index (χ2n) is 3.00. The van der Waals surface area contributed by atoms with E-state index < -0.39 is 0 Å². The molecule has 13 heavy (non-hydrogen) atoms. The fourth-order valence-electron chi connectivity index (χ4n) is 1.48. The van der Waals surface area contributed by atoms with Gasteiger partial charge in [-0.25, -0.2) is 0 Å². The van der Waals surface area contributed by atoms with E-state index in [0.29, 0.717) is 0 Å². The molecule has 3 nitrogen and oxygen atoms in total. The van der Waals surface area contributed by atoms with Crippen molar-refractivity contribution in [3.05, 3.63) is 22.5 Å². The van der Waals surface area contributed by atoms with Crippen LogP contribution in [0.2, 0.25) is 0 Å². The van der Waals surface area contributed by atoms with Gasteiger partial charge >= 0.3 is 0 Å². The summed E-state index contributed by atoms with van der Waals surface area (Å²) in [6, 6.07) is 0. The highest BCUT2D eigenvalue weighted by atomic mass is 32.2. The zero-order chi connectivity index (χ0) is 9.42. The number of carbonyl (C=O) groups is 2. The minimum absolute atomic E-state index is 0.180. The number of amides is 2. The maximum absolute atomic E-state index is 11.3. The number of hydrogen-bond acceptors (Lipinski definition) is 2. The van der Waals surface area contributed by atoms with E-state index in [9.17, 15) is 9.59 Å². The Morgan fingerprint density at radius 1 is 1.54 bits per heavy atom. The van der Waals surface area contributed by atoms with Crippen molar-refractivity contribution in [3.63, 3.8) is 0 Å². The molecule has 0 saturated carbocycles. The van der Waals surface area contributed by atoms with E-state index in [0.717, 1.165) is 4.91 Å². The van der Waals surface area contributed by atoms with Gasteiger partial charge in [0.05, 0.1) is 5.92 Å². The summed E-state index contributed by atoms with van der Waals surface area (Å²) in [5, 5.41) is 4.24. The lowest BCUT2D eigenvalue weighted by molar-refractivity contribution is -0.125. The van der Waals surface area contributed by atoms with Gasteiger partial charge in [-0.3, -0.25) is 14.9 Å². The molecular formula is C9H9NO2S. The number of rotatable bonds is 1. The molecule has 0 aromatic heterocycles. The first kappa shape index (κ1) is 8.44. The number of hydrogen-bond donors (Lipinski definition) is 1. The lowest BCUT2D eigenvalue weighted by Crippen LogP contribution is -2.22.